The fourth-order valence-corrected chi connectivity index (χ4v) is 8.66. The van der Waals surface area contributed by atoms with Crippen LogP contribution in [0.2, 0.25) is 0 Å². The summed E-state index contributed by atoms with van der Waals surface area (Å²) in [5.74, 6) is 2.25. The van der Waals surface area contributed by atoms with E-state index in [4.69, 9.17) is 14.7 Å². The number of hydrogen-bond donors (Lipinski definition) is 0. The summed E-state index contributed by atoms with van der Waals surface area (Å²) >= 11 is 0. The summed E-state index contributed by atoms with van der Waals surface area (Å²) in [5, 5.41) is 5.76. The van der Waals surface area contributed by atoms with E-state index in [1.807, 2.05) is 36.4 Å². The number of rotatable bonds is 4. The Bertz CT molecular complexity index is 3340. The van der Waals surface area contributed by atoms with E-state index < -0.39 is 0 Å². The van der Waals surface area contributed by atoms with Crippen molar-refractivity contribution < 1.29 is 4.74 Å². The molecule has 0 fully saturated rings. The third-order valence-electron chi connectivity index (χ3n) is 11.1. The van der Waals surface area contributed by atoms with Crippen LogP contribution in [0.3, 0.4) is 0 Å². The number of para-hydroxylation sites is 4. The molecule has 4 heterocycles. The minimum Gasteiger partial charge on any atom is -0.454 e. The van der Waals surface area contributed by atoms with Crippen molar-refractivity contribution in [3.8, 4) is 56.6 Å². The van der Waals surface area contributed by atoms with Crippen LogP contribution in [-0.2, 0) is 0 Å². The van der Waals surface area contributed by atoms with Gasteiger partial charge in [-0.15, -0.1) is 0 Å². The van der Waals surface area contributed by atoms with Gasteiger partial charge in [0.15, 0.2) is 11.6 Å². The van der Waals surface area contributed by atoms with Gasteiger partial charge in [0.05, 0.1) is 44.4 Å². The van der Waals surface area contributed by atoms with Crippen LogP contribution in [-0.4, -0.2) is 19.1 Å². The molecule has 12 rings (SSSR count). The molecule has 55 heavy (non-hydrogen) atoms. The second-order valence-electron chi connectivity index (χ2n) is 14.2. The minimum absolute atomic E-state index is 0.700. The maximum absolute atomic E-state index is 6.85. The summed E-state index contributed by atoms with van der Waals surface area (Å²) < 4.78 is 11.5. The van der Waals surface area contributed by atoms with E-state index in [1.165, 1.54) is 43.7 Å². The van der Waals surface area contributed by atoms with E-state index in [0.29, 0.717) is 5.82 Å². The quantitative estimate of drug-likeness (QED) is 0.183. The zero-order valence-corrected chi connectivity index (χ0v) is 29.5. The van der Waals surface area contributed by atoms with Gasteiger partial charge in [-0.05, 0) is 83.9 Å². The molecule has 5 heteroatoms. The van der Waals surface area contributed by atoms with E-state index in [9.17, 15) is 0 Å². The van der Waals surface area contributed by atoms with E-state index in [0.717, 1.165) is 61.6 Å². The van der Waals surface area contributed by atoms with Crippen LogP contribution in [0.25, 0.3) is 99.7 Å². The third kappa shape index (κ3) is 4.41. The lowest BCUT2D eigenvalue weighted by molar-refractivity contribution is 0.484. The average Bonchev–Trinajstić information content (AvgIpc) is 3.76. The average molecular weight is 703 g/mol. The van der Waals surface area contributed by atoms with Gasteiger partial charge in [-0.2, -0.15) is 0 Å². The van der Waals surface area contributed by atoms with Crippen LogP contribution in [0.4, 0.5) is 0 Å². The monoisotopic (exact) mass is 702 g/mol. The summed E-state index contributed by atoms with van der Waals surface area (Å²) in [4.78, 5) is 10.3. The number of fused-ring (bicyclic) bond motifs is 8. The lowest BCUT2D eigenvalue weighted by Gasteiger charge is -2.24. The molecule has 0 saturated carbocycles. The summed E-state index contributed by atoms with van der Waals surface area (Å²) in [7, 11) is 0. The first-order valence-electron chi connectivity index (χ1n) is 18.6. The number of ether oxygens (including phenoxy) is 1. The lowest BCUT2D eigenvalue weighted by Crippen LogP contribution is -2.06. The predicted octanol–water partition coefficient (Wildman–Crippen LogP) is 12.9. The van der Waals surface area contributed by atoms with Crippen molar-refractivity contribution in [2.24, 2.45) is 0 Å². The van der Waals surface area contributed by atoms with Gasteiger partial charge in [-0.1, -0.05) is 109 Å². The van der Waals surface area contributed by atoms with Gasteiger partial charge in [-0.25, -0.2) is 9.97 Å². The van der Waals surface area contributed by atoms with Crippen molar-refractivity contribution in [2.45, 2.75) is 0 Å². The van der Waals surface area contributed by atoms with E-state index >= 15 is 0 Å². The molecule has 0 saturated heterocycles. The maximum Gasteiger partial charge on any atom is 0.163 e. The van der Waals surface area contributed by atoms with Crippen molar-refractivity contribution in [1.29, 1.82) is 0 Å². The van der Waals surface area contributed by atoms with Crippen molar-refractivity contribution in [1.82, 2.24) is 19.1 Å². The summed E-state index contributed by atoms with van der Waals surface area (Å²) in [5.41, 5.74) is 12.8. The van der Waals surface area contributed by atoms with Crippen LogP contribution in [0.1, 0.15) is 0 Å². The van der Waals surface area contributed by atoms with Crippen molar-refractivity contribution in [3.63, 3.8) is 0 Å². The van der Waals surface area contributed by atoms with E-state index in [-0.39, 0.29) is 0 Å². The first kappa shape index (κ1) is 30.0. The van der Waals surface area contributed by atoms with Gasteiger partial charge in [-0.3, -0.25) is 0 Å². The van der Waals surface area contributed by atoms with Gasteiger partial charge >= 0.3 is 0 Å². The molecule has 0 radical (unpaired) electrons. The maximum atomic E-state index is 6.85. The topological polar surface area (TPSA) is 44.9 Å². The summed E-state index contributed by atoms with van der Waals surface area (Å²) in [6, 6.07) is 64.3. The zero-order chi connectivity index (χ0) is 36.0. The fourth-order valence-electron chi connectivity index (χ4n) is 8.66. The third-order valence-corrected chi connectivity index (χ3v) is 11.1. The normalized spacial score (nSPS) is 12.1. The molecular formula is C50H30N4O. The molecule has 0 amide bonds. The van der Waals surface area contributed by atoms with E-state index in [1.54, 1.807) is 0 Å². The highest BCUT2D eigenvalue weighted by molar-refractivity contribution is 6.13. The highest BCUT2D eigenvalue weighted by atomic mass is 16.5. The molecule has 0 spiro atoms. The summed E-state index contributed by atoms with van der Waals surface area (Å²) in [6.45, 7) is 0. The Morgan fingerprint density at radius 1 is 0.418 bits per heavy atom. The van der Waals surface area contributed by atoms with Crippen LogP contribution in [0.5, 0.6) is 11.5 Å². The first-order chi connectivity index (χ1) is 27.3. The molecule has 1 aliphatic rings. The molecule has 0 N–H and O–H groups in total. The zero-order valence-electron chi connectivity index (χ0n) is 29.5. The number of nitrogens with zero attached hydrogens (tertiary/aromatic N) is 4. The molecule has 3 aromatic heterocycles. The Labute approximate surface area is 316 Å². The molecule has 0 aliphatic carbocycles. The molecule has 11 aromatic rings. The van der Waals surface area contributed by atoms with Crippen molar-refractivity contribution in [3.05, 3.63) is 182 Å². The van der Waals surface area contributed by atoms with Crippen LogP contribution < -0.4 is 4.74 Å². The first-order valence-corrected chi connectivity index (χ1v) is 18.6. The SMILES string of the molecule is c1ccc(-c2nc3c4c(c(-n5c6ccccc6c6cc(-c7ccc8c(c7)c7ccccc7n8-c7ccccc7)ccc65)ccc4n2)Oc2ccccc2-3)cc1. The lowest BCUT2D eigenvalue weighted by atomic mass is 10.00. The van der Waals surface area contributed by atoms with Gasteiger partial charge in [0.2, 0.25) is 0 Å². The second kappa shape index (κ2) is 11.5. The Hall–Kier alpha value is -7.50. The molecular weight excluding hydrogens is 673 g/mol. The smallest absolute Gasteiger partial charge is 0.163 e. The van der Waals surface area contributed by atoms with E-state index in [2.05, 4.69) is 155 Å². The molecule has 0 atom stereocenters. The second-order valence-corrected chi connectivity index (χ2v) is 14.2. The molecule has 1 aliphatic heterocycles. The van der Waals surface area contributed by atoms with Gasteiger partial charge in [0.1, 0.15) is 5.75 Å². The Balaban J connectivity index is 1.06. The van der Waals surface area contributed by atoms with Crippen molar-refractivity contribution in [2.75, 3.05) is 0 Å². The summed E-state index contributed by atoms with van der Waals surface area (Å²) in [6.07, 6.45) is 0. The minimum atomic E-state index is 0.700. The molecule has 5 nitrogen and oxygen atoms in total. The standard InChI is InChI=1S/C50H30N4O/c1-3-13-31(14-4-1)50-51-40-25-28-45(49-47(40)48(52-50)37-19-9-12-22-46(37)55-49)54-42-21-11-8-18-36(42)39-30-33(24-27-44(39)54)32-23-26-43-38(29-32)35-17-7-10-20-41(35)53(43)34-15-5-2-6-16-34/h1-30H. The Morgan fingerprint density at radius 2 is 1.00 bits per heavy atom. The Kier molecular flexibility index (Phi) is 6.27. The number of hydrogen-bond acceptors (Lipinski definition) is 3. The van der Waals surface area contributed by atoms with Crippen LogP contribution in [0, 0.1) is 0 Å². The fraction of sp³-hybridized carbons (Fsp3) is 0. The molecule has 0 bridgehead atoms. The van der Waals surface area contributed by atoms with Gasteiger partial charge in [0, 0.05) is 38.4 Å². The molecule has 0 unspecified atom stereocenters. The number of aromatic nitrogens is 4. The number of benzene rings is 8. The molecule has 256 valence electrons. The molecule has 8 aromatic carbocycles. The van der Waals surface area contributed by atoms with Crippen LogP contribution in [0.15, 0.2) is 182 Å². The van der Waals surface area contributed by atoms with Crippen LogP contribution >= 0.6 is 0 Å². The highest BCUT2D eigenvalue weighted by Crippen LogP contribution is 2.49. The largest absolute Gasteiger partial charge is 0.454 e. The highest BCUT2D eigenvalue weighted by Gasteiger charge is 2.27. The van der Waals surface area contributed by atoms with Gasteiger partial charge in [0.25, 0.3) is 0 Å². The Morgan fingerprint density at radius 3 is 1.73 bits per heavy atom. The van der Waals surface area contributed by atoms with Crippen molar-refractivity contribution >= 4 is 54.5 Å². The predicted molar refractivity (Wildman–Crippen MR) is 225 cm³/mol. The van der Waals surface area contributed by atoms with Gasteiger partial charge < -0.3 is 13.9 Å².